The lowest BCUT2D eigenvalue weighted by Gasteiger charge is -2.21. The SMILES string of the molecule is CCCCC(CC)C(=O)Oc1c(OC(=O)C(CC)CCCC)c2c(c3c1S/C(=C(\C(=O)Nc1ccccc1)C(=O)OCC)S3)S/C(=C(/C(=O)Nc1ccccc1)C(=O)OCC)S2. The number of esters is 4. The van der Waals surface area contributed by atoms with Gasteiger partial charge >= 0.3 is 23.9 Å². The van der Waals surface area contributed by atoms with Gasteiger partial charge in [-0.1, -0.05) is 137 Å². The van der Waals surface area contributed by atoms with Crippen molar-refractivity contribution in [1.82, 2.24) is 0 Å². The summed E-state index contributed by atoms with van der Waals surface area (Å²) >= 11 is 4.19. The van der Waals surface area contributed by atoms with Crippen molar-refractivity contribution in [1.29, 1.82) is 0 Å². The highest BCUT2D eigenvalue weighted by Crippen LogP contribution is 2.69. The summed E-state index contributed by atoms with van der Waals surface area (Å²) in [5.41, 5.74) is 0.325. The van der Waals surface area contributed by atoms with Crippen molar-refractivity contribution >= 4 is 94.1 Å². The third-order valence-corrected chi connectivity index (χ3v) is 15.1. The van der Waals surface area contributed by atoms with Gasteiger partial charge in [-0.25, -0.2) is 9.59 Å². The minimum atomic E-state index is -0.873. The number of hydrogen-bond donors (Lipinski definition) is 2. The maximum absolute atomic E-state index is 14.2. The van der Waals surface area contributed by atoms with Gasteiger partial charge in [0.1, 0.15) is 11.1 Å². The van der Waals surface area contributed by atoms with Crippen LogP contribution in [0, 0.1) is 11.8 Å². The molecule has 16 heteroatoms. The van der Waals surface area contributed by atoms with Gasteiger partial charge in [0.05, 0.1) is 43.3 Å². The Balaban J connectivity index is 1.77. The third-order valence-electron chi connectivity index (χ3n) is 9.77. The molecule has 3 aromatic carbocycles. The van der Waals surface area contributed by atoms with E-state index in [-0.39, 0.29) is 44.3 Å². The van der Waals surface area contributed by atoms with Crippen LogP contribution in [0.2, 0.25) is 0 Å². The maximum Gasteiger partial charge on any atom is 0.345 e. The average molecular weight is 921 g/mol. The predicted octanol–water partition coefficient (Wildman–Crippen LogP) is 11.2. The number of anilines is 2. The van der Waals surface area contributed by atoms with Gasteiger partial charge in [-0.15, -0.1) is 0 Å². The number of nitrogens with one attached hydrogen (secondary N) is 2. The fraction of sp³-hybridized carbons (Fsp3) is 0.391. The molecule has 0 spiro atoms. The van der Waals surface area contributed by atoms with Gasteiger partial charge in [0.25, 0.3) is 11.8 Å². The molecule has 2 unspecified atom stereocenters. The van der Waals surface area contributed by atoms with Crippen molar-refractivity contribution in [2.75, 3.05) is 23.8 Å². The molecule has 2 atom stereocenters. The molecule has 2 amide bonds. The Labute approximate surface area is 379 Å². The number of carbonyl (C=O) groups is 6. The molecule has 62 heavy (non-hydrogen) atoms. The zero-order chi connectivity index (χ0) is 44.8. The van der Waals surface area contributed by atoms with Crippen LogP contribution in [0.15, 0.2) is 99.9 Å². The van der Waals surface area contributed by atoms with Crippen molar-refractivity contribution in [3.63, 3.8) is 0 Å². The van der Waals surface area contributed by atoms with E-state index >= 15 is 0 Å². The van der Waals surface area contributed by atoms with Crippen molar-refractivity contribution in [2.45, 2.75) is 112 Å². The normalized spacial score (nSPS) is 15.3. The Morgan fingerprint density at radius 2 is 0.871 bits per heavy atom. The number of thioether (sulfide) groups is 4. The second-order valence-corrected chi connectivity index (χ2v) is 18.7. The van der Waals surface area contributed by atoms with Crippen molar-refractivity contribution in [3.05, 3.63) is 80.3 Å². The minimum Gasteiger partial charge on any atom is -0.462 e. The van der Waals surface area contributed by atoms with Crippen LogP contribution in [0.25, 0.3) is 0 Å². The molecule has 0 aromatic heterocycles. The number of unbranched alkanes of at least 4 members (excludes halogenated alkanes) is 2. The molecule has 0 saturated carbocycles. The number of rotatable bonds is 20. The molecular formula is C46H52N2O10S4. The molecule has 0 bridgehead atoms. The molecule has 0 aliphatic carbocycles. The molecule has 330 valence electrons. The summed E-state index contributed by atoms with van der Waals surface area (Å²) in [5, 5.41) is 5.57. The first-order valence-corrected chi connectivity index (χ1v) is 24.2. The first kappa shape index (κ1) is 48.4. The van der Waals surface area contributed by atoms with Gasteiger partial charge in [-0.2, -0.15) is 0 Å². The quantitative estimate of drug-likeness (QED) is 0.0362. The number of amides is 2. The smallest absolute Gasteiger partial charge is 0.345 e. The summed E-state index contributed by atoms with van der Waals surface area (Å²) in [6.45, 7) is 11.1. The van der Waals surface area contributed by atoms with Crippen LogP contribution >= 0.6 is 47.0 Å². The lowest BCUT2D eigenvalue weighted by molar-refractivity contribution is -0.142. The van der Waals surface area contributed by atoms with Crippen molar-refractivity contribution in [3.8, 4) is 11.5 Å². The molecule has 5 rings (SSSR count). The van der Waals surface area contributed by atoms with E-state index in [4.69, 9.17) is 18.9 Å². The highest BCUT2D eigenvalue weighted by Gasteiger charge is 2.43. The van der Waals surface area contributed by atoms with Gasteiger partial charge in [0.15, 0.2) is 11.5 Å². The second-order valence-electron chi connectivity index (χ2n) is 14.1. The van der Waals surface area contributed by atoms with Crippen LogP contribution in [-0.4, -0.2) is 48.9 Å². The molecule has 0 saturated heterocycles. The van der Waals surface area contributed by atoms with E-state index in [0.717, 1.165) is 72.7 Å². The Morgan fingerprint density at radius 3 is 1.19 bits per heavy atom. The standard InChI is InChI=1S/C46H52N2O10S4/c1-7-13-21-27(9-3)41(51)57-33-34(58-42(52)28(10-4)22-14-8-2)36-38(62-46(60-36)32(44(54)56-12-6)40(50)48-30-25-19-16-20-26-30)37-35(33)59-45(61-37)31(43(53)55-11-5)39(49)47-29-23-17-15-18-24-29/h15-20,23-28H,7-14,21-22H2,1-6H3,(H,47,49)(H,48,50)/b45-31-,46-32-. The number of fused-ring (bicyclic) bond motifs is 3. The van der Waals surface area contributed by atoms with Gasteiger partial charge in [0.2, 0.25) is 0 Å². The summed E-state index contributed by atoms with van der Waals surface area (Å²) in [6, 6.07) is 17.3. The summed E-state index contributed by atoms with van der Waals surface area (Å²) in [6.07, 6.45) is 5.42. The first-order chi connectivity index (χ1) is 30.0. The van der Waals surface area contributed by atoms with Crippen LogP contribution in [0.3, 0.4) is 0 Å². The molecule has 2 N–H and O–H groups in total. The number of carbonyl (C=O) groups excluding carboxylic acids is 6. The zero-order valence-electron chi connectivity index (χ0n) is 35.7. The molecule has 0 radical (unpaired) electrons. The highest BCUT2D eigenvalue weighted by molar-refractivity contribution is 8.27. The van der Waals surface area contributed by atoms with E-state index in [0.29, 0.717) is 56.6 Å². The third kappa shape index (κ3) is 11.9. The number of hydrogen-bond acceptors (Lipinski definition) is 14. The Morgan fingerprint density at radius 1 is 0.516 bits per heavy atom. The Bertz CT molecular complexity index is 2060. The maximum atomic E-state index is 14.2. The first-order valence-electron chi connectivity index (χ1n) is 20.9. The van der Waals surface area contributed by atoms with E-state index in [1.807, 2.05) is 27.7 Å². The fourth-order valence-electron chi connectivity index (χ4n) is 6.41. The molecule has 3 aromatic rings. The van der Waals surface area contributed by atoms with E-state index in [1.165, 1.54) is 0 Å². The molecule has 2 heterocycles. The summed E-state index contributed by atoms with van der Waals surface area (Å²) < 4.78 is 24.0. The van der Waals surface area contributed by atoms with E-state index in [1.54, 1.807) is 74.5 Å². The minimum absolute atomic E-state index is 0.00993. The topological polar surface area (TPSA) is 163 Å². The van der Waals surface area contributed by atoms with Crippen molar-refractivity contribution < 1.29 is 47.7 Å². The number of ether oxygens (including phenoxy) is 4. The largest absolute Gasteiger partial charge is 0.462 e. The van der Waals surface area contributed by atoms with Crippen LogP contribution < -0.4 is 20.1 Å². The van der Waals surface area contributed by atoms with Crippen LogP contribution in [0.4, 0.5) is 11.4 Å². The van der Waals surface area contributed by atoms with E-state index in [2.05, 4.69) is 10.6 Å². The zero-order valence-corrected chi connectivity index (χ0v) is 39.0. The lowest BCUT2D eigenvalue weighted by Crippen LogP contribution is -2.23. The molecule has 12 nitrogen and oxygen atoms in total. The molecule has 0 fully saturated rings. The number of benzene rings is 3. The summed E-state index contributed by atoms with van der Waals surface area (Å²) in [5.74, 6) is -5.34. The van der Waals surface area contributed by atoms with Gasteiger partial charge in [-0.05, 0) is 63.8 Å². The highest BCUT2D eigenvalue weighted by atomic mass is 32.2. The van der Waals surface area contributed by atoms with E-state index in [9.17, 15) is 28.8 Å². The second kappa shape index (κ2) is 23.7. The van der Waals surface area contributed by atoms with Crippen LogP contribution in [0.1, 0.15) is 92.9 Å². The summed E-state index contributed by atoms with van der Waals surface area (Å²) in [4.78, 5) is 85.4. The van der Waals surface area contributed by atoms with Gasteiger partial charge in [-0.3, -0.25) is 19.2 Å². The van der Waals surface area contributed by atoms with Gasteiger partial charge in [0, 0.05) is 21.2 Å². The molecule has 2 aliphatic heterocycles. The van der Waals surface area contributed by atoms with Crippen LogP contribution in [0.5, 0.6) is 11.5 Å². The lowest BCUT2D eigenvalue weighted by atomic mass is 9.99. The number of para-hydroxylation sites is 2. The van der Waals surface area contributed by atoms with Gasteiger partial charge < -0.3 is 29.6 Å². The van der Waals surface area contributed by atoms with E-state index < -0.39 is 47.5 Å². The Kier molecular flexibility index (Phi) is 18.5. The summed E-state index contributed by atoms with van der Waals surface area (Å²) in [7, 11) is 0. The predicted molar refractivity (Wildman–Crippen MR) is 245 cm³/mol. The van der Waals surface area contributed by atoms with Crippen molar-refractivity contribution in [2.24, 2.45) is 11.8 Å². The molecular weight excluding hydrogens is 869 g/mol. The molecule has 2 aliphatic rings. The van der Waals surface area contributed by atoms with Crippen LogP contribution in [-0.2, 0) is 38.2 Å². The Hall–Kier alpha value is -4.64. The fourth-order valence-corrected chi connectivity index (χ4v) is 12.1. The average Bonchev–Trinajstić information content (AvgIpc) is 3.89. The monoisotopic (exact) mass is 920 g/mol.